The van der Waals surface area contributed by atoms with Gasteiger partial charge in [-0.25, -0.2) is 0 Å². The summed E-state index contributed by atoms with van der Waals surface area (Å²) in [5.74, 6) is 0.556. The van der Waals surface area contributed by atoms with E-state index in [0.29, 0.717) is 10.4 Å². The first-order chi connectivity index (χ1) is 7.59. The third kappa shape index (κ3) is 2.06. The van der Waals surface area contributed by atoms with Gasteiger partial charge in [-0.05, 0) is 58.6 Å². The first-order valence-corrected chi connectivity index (χ1v) is 5.88. The molecule has 3 heteroatoms. The zero-order chi connectivity index (χ0) is 11.7. The Morgan fingerprint density at radius 2 is 1.94 bits per heavy atom. The van der Waals surface area contributed by atoms with Crippen LogP contribution in [0.15, 0.2) is 39.4 Å². The molecule has 0 radical (unpaired) electrons. The van der Waals surface area contributed by atoms with Gasteiger partial charge in [0.25, 0.3) is 0 Å². The highest BCUT2D eigenvalue weighted by atomic mass is 79.9. The van der Waals surface area contributed by atoms with E-state index in [4.69, 9.17) is 4.42 Å². The highest BCUT2D eigenvalue weighted by molar-refractivity contribution is 9.10. The lowest BCUT2D eigenvalue weighted by atomic mass is 9.98. The predicted molar refractivity (Wildman–Crippen MR) is 66.4 cm³/mol. The maximum absolute atomic E-state index is 10.2. The Balaban J connectivity index is 2.41. The molecular weight excluding hydrogens is 268 g/mol. The number of rotatable bonds is 2. The van der Waals surface area contributed by atoms with E-state index in [1.807, 2.05) is 32.0 Å². The molecule has 2 rings (SSSR count). The first kappa shape index (κ1) is 11.4. The lowest BCUT2D eigenvalue weighted by Crippen LogP contribution is -2.01. The van der Waals surface area contributed by atoms with E-state index in [-0.39, 0.29) is 0 Å². The van der Waals surface area contributed by atoms with Crippen molar-refractivity contribution in [2.75, 3.05) is 0 Å². The Labute approximate surface area is 103 Å². The molecule has 1 atom stereocenters. The number of hydrogen-bond acceptors (Lipinski definition) is 2. The average molecular weight is 281 g/mol. The molecule has 1 aromatic carbocycles. The normalized spacial score (nSPS) is 12.8. The summed E-state index contributed by atoms with van der Waals surface area (Å²) in [7, 11) is 0. The second-order valence-electron chi connectivity index (χ2n) is 3.83. The third-order valence-corrected chi connectivity index (χ3v) is 3.23. The van der Waals surface area contributed by atoms with Gasteiger partial charge < -0.3 is 9.52 Å². The molecule has 1 aromatic heterocycles. The van der Waals surface area contributed by atoms with Gasteiger partial charge >= 0.3 is 0 Å². The average Bonchev–Trinajstić information content (AvgIpc) is 2.68. The van der Waals surface area contributed by atoms with Crippen molar-refractivity contribution in [3.8, 4) is 0 Å². The lowest BCUT2D eigenvalue weighted by molar-refractivity contribution is 0.187. The van der Waals surface area contributed by atoms with Crippen LogP contribution in [-0.2, 0) is 0 Å². The van der Waals surface area contributed by atoms with Gasteiger partial charge in [-0.1, -0.05) is 18.2 Å². The standard InChI is InChI=1S/C13H13BrO2/c1-8-4-3-5-10(9(8)2)13(15)11-6-7-12(14)16-11/h3-7,13,15H,1-2H3. The fourth-order valence-electron chi connectivity index (χ4n) is 1.70. The molecule has 0 aliphatic rings. The van der Waals surface area contributed by atoms with Crippen LogP contribution in [0.3, 0.4) is 0 Å². The molecule has 1 heterocycles. The van der Waals surface area contributed by atoms with Crippen LogP contribution in [0.25, 0.3) is 0 Å². The smallest absolute Gasteiger partial charge is 0.169 e. The molecule has 0 spiro atoms. The van der Waals surface area contributed by atoms with Crippen LogP contribution in [0.5, 0.6) is 0 Å². The van der Waals surface area contributed by atoms with Crippen molar-refractivity contribution in [2.24, 2.45) is 0 Å². The van der Waals surface area contributed by atoms with Crippen molar-refractivity contribution in [3.63, 3.8) is 0 Å². The Hall–Kier alpha value is -1.06. The van der Waals surface area contributed by atoms with Gasteiger partial charge in [-0.2, -0.15) is 0 Å². The molecule has 0 bridgehead atoms. The fourth-order valence-corrected chi connectivity index (χ4v) is 2.02. The molecule has 84 valence electrons. The van der Waals surface area contributed by atoms with Gasteiger partial charge in [0.1, 0.15) is 11.9 Å². The van der Waals surface area contributed by atoms with E-state index in [0.717, 1.165) is 11.1 Å². The molecule has 0 aliphatic heterocycles. The van der Waals surface area contributed by atoms with Crippen LogP contribution < -0.4 is 0 Å². The summed E-state index contributed by atoms with van der Waals surface area (Å²) in [4.78, 5) is 0. The van der Waals surface area contributed by atoms with Crippen LogP contribution in [0, 0.1) is 13.8 Å². The number of aliphatic hydroxyl groups excluding tert-OH is 1. The summed E-state index contributed by atoms with van der Waals surface area (Å²) in [6.07, 6.45) is -0.703. The number of hydrogen-bond donors (Lipinski definition) is 1. The van der Waals surface area contributed by atoms with Crippen molar-refractivity contribution < 1.29 is 9.52 Å². The minimum atomic E-state index is -0.703. The van der Waals surface area contributed by atoms with Gasteiger partial charge in [0, 0.05) is 0 Å². The maximum atomic E-state index is 10.2. The zero-order valence-electron chi connectivity index (χ0n) is 9.20. The molecule has 2 nitrogen and oxygen atoms in total. The topological polar surface area (TPSA) is 33.4 Å². The minimum Gasteiger partial charge on any atom is -0.451 e. The van der Waals surface area contributed by atoms with Gasteiger partial charge in [0.15, 0.2) is 4.67 Å². The van der Waals surface area contributed by atoms with Crippen LogP contribution in [0.2, 0.25) is 0 Å². The predicted octanol–water partition coefficient (Wildman–Crippen LogP) is 3.74. The third-order valence-electron chi connectivity index (χ3n) is 2.80. The second kappa shape index (κ2) is 4.44. The van der Waals surface area contributed by atoms with E-state index in [9.17, 15) is 5.11 Å². The fraction of sp³-hybridized carbons (Fsp3) is 0.231. The van der Waals surface area contributed by atoms with Crippen molar-refractivity contribution in [1.82, 2.24) is 0 Å². The molecule has 16 heavy (non-hydrogen) atoms. The molecule has 0 amide bonds. The molecule has 0 fully saturated rings. The monoisotopic (exact) mass is 280 g/mol. The molecule has 0 saturated carbocycles. The molecule has 2 aromatic rings. The van der Waals surface area contributed by atoms with Crippen LogP contribution in [0.1, 0.15) is 28.6 Å². The zero-order valence-corrected chi connectivity index (χ0v) is 10.8. The Kier molecular flexibility index (Phi) is 3.17. The highest BCUT2D eigenvalue weighted by Gasteiger charge is 2.16. The Morgan fingerprint density at radius 3 is 2.56 bits per heavy atom. The van der Waals surface area contributed by atoms with E-state index in [1.165, 1.54) is 5.56 Å². The largest absolute Gasteiger partial charge is 0.451 e. The highest BCUT2D eigenvalue weighted by Crippen LogP contribution is 2.28. The van der Waals surface area contributed by atoms with Crippen LogP contribution >= 0.6 is 15.9 Å². The van der Waals surface area contributed by atoms with Gasteiger partial charge in [-0.3, -0.25) is 0 Å². The molecule has 1 N–H and O–H groups in total. The number of benzene rings is 1. The molecule has 0 aliphatic carbocycles. The molecule has 1 unspecified atom stereocenters. The summed E-state index contributed by atoms with van der Waals surface area (Å²) in [6.45, 7) is 4.04. The summed E-state index contributed by atoms with van der Waals surface area (Å²) in [6, 6.07) is 9.45. The number of halogens is 1. The van der Waals surface area contributed by atoms with E-state index in [1.54, 1.807) is 12.1 Å². The Morgan fingerprint density at radius 1 is 1.19 bits per heavy atom. The van der Waals surface area contributed by atoms with Crippen molar-refractivity contribution in [3.05, 3.63) is 57.5 Å². The summed E-state index contributed by atoms with van der Waals surface area (Å²) < 4.78 is 5.99. The SMILES string of the molecule is Cc1cccc(C(O)c2ccc(Br)o2)c1C. The lowest BCUT2D eigenvalue weighted by Gasteiger charge is -2.13. The number of aliphatic hydroxyl groups is 1. The van der Waals surface area contributed by atoms with Crippen molar-refractivity contribution in [2.45, 2.75) is 20.0 Å². The number of furan rings is 1. The van der Waals surface area contributed by atoms with Crippen molar-refractivity contribution >= 4 is 15.9 Å². The van der Waals surface area contributed by atoms with Crippen molar-refractivity contribution in [1.29, 1.82) is 0 Å². The van der Waals surface area contributed by atoms with E-state index < -0.39 is 6.10 Å². The molecular formula is C13H13BrO2. The minimum absolute atomic E-state index is 0.556. The number of aryl methyl sites for hydroxylation is 1. The second-order valence-corrected chi connectivity index (χ2v) is 4.62. The van der Waals surface area contributed by atoms with E-state index in [2.05, 4.69) is 15.9 Å². The quantitative estimate of drug-likeness (QED) is 0.909. The summed E-state index contributed by atoms with van der Waals surface area (Å²) >= 11 is 3.23. The van der Waals surface area contributed by atoms with Crippen LogP contribution in [0.4, 0.5) is 0 Å². The Bertz CT molecular complexity index is 502. The first-order valence-electron chi connectivity index (χ1n) is 5.09. The van der Waals surface area contributed by atoms with Gasteiger partial charge in [0.05, 0.1) is 0 Å². The summed E-state index contributed by atoms with van der Waals surface area (Å²) in [5.41, 5.74) is 3.16. The summed E-state index contributed by atoms with van der Waals surface area (Å²) in [5, 5.41) is 10.2. The van der Waals surface area contributed by atoms with Gasteiger partial charge in [0.2, 0.25) is 0 Å². The van der Waals surface area contributed by atoms with Crippen LogP contribution in [-0.4, -0.2) is 5.11 Å². The van der Waals surface area contributed by atoms with Gasteiger partial charge in [-0.15, -0.1) is 0 Å². The maximum Gasteiger partial charge on any atom is 0.169 e. The molecule has 0 saturated heterocycles. The van der Waals surface area contributed by atoms with E-state index >= 15 is 0 Å².